The number of nitrogens with zero attached hydrogens (tertiary/aromatic N) is 1. The van der Waals surface area contributed by atoms with Gasteiger partial charge in [-0.25, -0.2) is 0 Å². The van der Waals surface area contributed by atoms with Gasteiger partial charge in [0, 0.05) is 5.57 Å². The van der Waals surface area contributed by atoms with Crippen molar-refractivity contribution < 1.29 is 21.7 Å². The molecule has 4 heteroatoms. The summed E-state index contributed by atoms with van der Waals surface area (Å²) in [6.45, 7) is 8.23. The Balaban J connectivity index is -0.000000143. The van der Waals surface area contributed by atoms with Crippen LogP contribution in [0.25, 0.3) is 0 Å². The van der Waals surface area contributed by atoms with Crippen molar-refractivity contribution in [3.63, 3.8) is 0 Å². The van der Waals surface area contributed by atoms with Crippen molar-refractivity contribution in [2.75, 3.05) is 27.7 Å². The van der Waals surface area contributed by atoms with Crippen molar-refractivity contribution in [3.8, 4) is 0 Å². The fourth-order valence-electron chi connectivity index (χ4n) is 0. The van der Waals surface area contributed by atoms with Crippen LogP contribution in [0, 0.1) is 0 Å². The lowest BCUT2D eigenvalue weighted by atomic mass is 10.4. The number of carbonyl (C=O) groups excluding carboxylic acids is 1. The standard InChI is InChI=1S/C5H14N.C4H5ClO.ClH/c1-5-6(2,3)4;1-3(2)4(5)6;/h5H2,1-4H3;1H2,2H3;1H/q+1;;/p-1. The Morgan fingerprint density at radius 2 is 1.54 bits per heavy atom. The van der Waals surface area contributed by atoms with E-state index in [1.807, 2.05) is 0 Å². The van der Waals surface area contributed by atoms with E-state index in [0.29, 0.717) is 5.57 Å². The van der Waals surface area contributed by atoms with E-state index in [9.17, 15) is 4.79 Å². The fourth-order valence-corrected chi connectivity index (χ4v) is 0. The van der Waals surface area contributed by atoms with Crippen molar-refractivity contribution in [1.82, 2.24) is 0 Å². The van der Waals surface area contributed by atoms with Gasteiger partial charge in [0.05, 0.1) is 27.7 Å². The van der Waals surface area contributed by atoms with Crippen molar-refractivity contribution in [3.05, 3.63) is 12.2 Å². The molecule has 0 N–H and O–H groups in total. The van der Waals surface area contributed by atoms with Crippen molar-refractivity contribution in [2.24, 2.45) is 0 Å². The lowest BCUT2D eigenvalue weighted by molar-refractivity contribution is -0.868. The van der Waals surface area contributed by atoms with E-state index in [1.165, 1.54) is 6.54 Å². The summed E-state index contributed by atoms with van der Waals surface area (Å²) in [5.74, 6) is 0. The average Bonchev–Trinajstić information content (AvgIpc) is 1.87. The summed E-state index contributed by atoms with van der Waals surface area (Å²) in [5, 5.41) is -0.463. The highest BCUT2D eigenvalue weighted by molar-refractivity contribution is 6.67. The van der Waals surface area contributed by atoms with Gasteiger partial charge < -0.3 is 16.9 Å². The maximum atomic E-state index is 9.81. The lowest BCUT2D eigenvalue weighted by Crippen LogP contribution is -3.00. The second-order valence-corrected chi connectivity index (χ2v) is 4.00. The quantitative estimate of drug-likeness (QED) is 0.338. The Bertz CT molecular complexity index is 149. The van der Waals surface area contributed by atoms with Crippen molar-refractivity contribution in [2.45, 2.75) is 13.8 Å². The summed E-state index contributed by atoms with van der Waals surface area (Å²) in [7, 11) is 6.54. The van der Waals surface area contributed by atoms with Crippen molar-refractivity contribution >= 4 is 16.8 Å². The molecule has 0 spiro atoms. The summed E-state index contributed by atoms with van der Waals surface area (Å²) in [4.78, 5) is 9.81. The molecule has 0 amide bonds. The Morgan fingerprint density at radius 1 is 1.38 bits per heavy atom. The molecule has 0 aliphatic carbocycles. The van der Waals surface area contributed by atoms with Crippen LogP contribution in [-0.4, -0.2) is 37.4 Å². The molecule has 0 heterocycles. The largest absolute Gasteiger partial charge is 1.00 e. The second-order valence-electron chi connectivity index (χ2n) is 3.66. The second kappa shape index (κ2) is 8.54. The van der Waals surface area contributed by atoms with Crippen LogP contribution in [0.2, 0.25) is 0 Å². The summed E-state index contributed by atoms with van der Waals surface area (Å²) in [5.41, 5.74) is 0.386. The van der Waals surface area contributed by atoms with Gasteiger partial charge in [-0.05, 0) is 25.4 Å². The third-order valence-corrected chi connectivity index (χ3v) is 1.61. The topological polar surface area (TPSA) is 17.1 Å². The molecular formula is C9H19Cl2NO. The number of halogens is 2. The number of carbonyl (C=O) groups is 1. The Kier molecular flexibility index (Phi) is 12.3. The molecule has 0 radical (unpaired) electrons. The lowest BCUT2D eigenvalue weighted by Gasteiger charge is -2.20. The van der Waals surface area contributed by atoms with Crippen LogP contribution in [0.3, 0.4) is 0 Å². The SMILES string of the molecule is C=C(C)C(=O)Cl.CC[N+](C)(C)C.[Cl-]. The van der Waals surface area contributed by atoms with Gasteiger partial charge in [0.25, 0.3) is 0 Å². The number of hydrogen-bond acceptors (Lipinski definition) is 1. The molecule has 0 unspecified atom stereocenters. The molecule has 0 aromatic heterocycles. The maximum Gasteiger partial charge on any atom is 0.247 e. The first-order chi connectivity index (χ1) is 5.20. The molecule has 0 atom stereocenters. The predicted molar refractivity (Wildman–Crippen MR) is 54.2 cm³/mol. The van der Waals surface area contributed by atoms with Gasteiger partial charge in [0.2, 0.25) is 5.24 Å². The van der Waals surface area contributed by atoms with Crippen LogP contribution in [-0.2, 0) is 4.79 Å². The van der Waals surface area contributed by atoms with E-state index < -0.39 is 5.24 Å². The van der Waals surface area contributed by atoms with Crippen molar-refractivity contribution in [1.29, 1.82) is 0 Å². The monoisotopic (exact) mass is 227 g/mol. The first-order valence-electron chi connectivity index (χ1n) is 3.86. The highest BCUT2D eigenvalue weighted by atomic mass is 35.5. The number of rotatable bonds is 2. The minimum absolute atomic E-state index is 0. The molecule has 0 saturated heterocycles. The average molecular weight is 228 g/mol. The van der Waals surface area contributed by atoms with E-state index in [2.05, 4.69) is 34.6 Å². The fraction of sp³-hybridized carbons (Fsp3) is 0.667. The number of hydrogen-bond donors (Lipinski definition) is 0. The molecule has 2 nitrogen and oxygen atoms in total. The van der Waals surface area contributed by atoms with E-state index >= 15 is 0 Å². The minimum Gasteiger partial charge on any atom is -1.00 e. The van der Waals surface area contributed by atoms with Gasteiger partial charge >= 0.3 is 0 Å². The molecule has 0 bridgehead atoms. The Labute approximate surface area is 92.6 Å². The molecule has 0 aromatic rings. The van der Waals surface area contributed by atoms with Gasteiger partial charge in [-0.3, -0.25) is 4.79 Å². The normalized spacial score (nSPS) is 9.08. The van der Waals surface area contributed by atoms with E-state index in [4.69, 9.17) is 11.6 Å². The summed E-state index contributed by atoms with van der Waals surface area (Å²) >= 11 is 4.87. The van der Waals surface area contributed by atoms with Gasteiger partial charge in [0.15, 0.2) is 0 Å². The smallest absolute Gasteiger partial charge is 0.247 e. The van der Waals surface area contributed by atoms with Crippen LogP contribution >= 0.6 is 11.6 Å². The molecule has 0 saturated carbocycles. The summed E-state index contributed by atoms with van der Waals surface area (Å²) in [6, 6.07) is 0. The zero-order valence-corrected chi connectivity index (χ0v) is 10.5. The van der Waals surface area contributed by atoms with Crippen LogP contribution in [0.15, 0.2) is 12.2 Å². The van der Waals surface area contributed by atoms with Gasteiger partial charge in [-0.1, -0.05) is 6.58 Å². The zero-order chi connectivity index (χ0) is 10.4. The molecule has 0 rings (SSSR count). The molecule has 0 aliphatic heterocycles. The Morgan fingerprint density at radius 3 is 1.54 bits per heavy atom. The Hall–Kier alpha value is -0.0500. The summed E-state index contributed by atoms with van der Waals surface area (Å²) in [6.07, 6.45) is 0. The van der Waals surface area contributed by atoms with Crippen LogP contribution in [0.1, 0.15) is 13.8 Å². The number of allylic oxidation sites excluding steroid dienone is 1. The molecule has 0 aromatic carbocycles. The molecule has 80 valence electrons. The van der Waals surface area contributed by atoms with Gasteiger partial charge in [-0.15, -0.1) is 0 Å². The first-order valence-corrected chi connectivity index (χ1v) is 4.24. The van der Waals surface area contributed by atoms with Gasteiger partial charge in [-0.2, -0.15) is 0 Å². The minimum atomic E-state index is -0.463. The number of quaternary nitrogens is 1. The van der Waals surface area contributed by atoms with Crippen LogP contribution in [0.4, 0.5) is 0 Å². The third-order valence-electron chi connectivity index (χ3n) is 1.28. The highest BCUT2D eigenvalue weighted by Crippen LogP contribution is 1.91. The molecule has 0 fully saturated rings. The molecular weight excluding hydrogens is 209 g/mol. The van der Waals surface area contributed by atoms with E-state index in [-0.39, 0.29) is 12.4 Å². The zero-order valence-electron chi connectivity index (χ0n) is 9.03. The van der Waals surface area contributed by atoms with Crippen LogP contribution < -0.4 is 12.4 Å². The first kappa shape index (κ1) is 18.7. The third kappa shape index (κ3) is 24.5. The highest BCUT2D eigenvalue weighted by Gasteiger charge is 1.97. The van der Waals surface area contributed by atoms with Gasteiger partial charge in [0.1, 0.15) is 0 Å². The van der Waals surface area contributed by atoms with Crippen LogP contribution in [0.5, 0.6) is 0 Å². The molecule has 0 aliphatic rings. The summed E-state index contributed by atoms with van der Waals surface area (Å²) < 4.78 is 1.07. The molecule has 13 heavy (non-hydrogen) atoms. The van der Waals surface area contributed by atoms with E-state index in [1.54, 1.807) is 6.92 Å². The maximum absolute atomic E-state index is 9.81. The van der Waals surface area contributed by atoms with E-state index in [0.717, 1.165) is 4.48 Å². The predicted octanol–water partition coefficient (Wildman–Crippen LogP) is -0.956.